The van der Waals surface area contributed by atoms with E-state index in [2.05, 4.69) is 14.9 Å². The van der Waals surface area contributed by atoms with Crippen molar-refractivity contribution < 1.29 is 0 Å². The fraction of sp³-hybridized carbons (Fsp3) is 0.556. The molecule has 0 aromatic carbocycles. The van der Waals surface area contributed by atoms with Crippen LogP contribution in [0.5, 0.6) is 0 Å². The molecule has 0 bridgehead atoms. The van der Waals surface area contributed by atoms with Crippen molar-refractivity contribution in [2.45, 2.75) is 6.54 Å². The molecule has 0 spiro atoms. The van der Waals surface area contributed by atoms with Crippen molar-refractivity contribution in [1.82, 2.24) is 9.88 Å². The summed E-state index contributed by atoms with van der Waals surface area (Å²) in [5.41, 5.74) is 5.91. The van der Waals surface area contributed by atoms with E-state index in [4.69, 9.17) is 5.73 Å². The van der Waals surface area contributed by atoms with E-state index in [1.54, 1.807) is 17.5 Å². The highest BCUT2D eigenvalue weighted by molar-refractivity contribution is 14.0. The van der Waals surface area contributed by atoms with Crippen molar-refractivity contribution >= 4 is 53.0 Å². The van der Waals surface area contributed by atoms with Crippen LogP contribution in [0.25, 0.3) is 0 Å². The number of halogens is 1. The van der Waals surface area contributed by atoms with E-state index < -0.39 is 0 Å². The third kappa shape index (κ3) is 4.10. The molecule has 0 amide bonds. The fourth-order valence-corrected chi connectivity index (χ4v) is 2.81. The molecule has 1 aromatic heterocycles. The molecular formula is C9H15IN4S2. The fourth-order valence-electron chi connectivity index (χ4n) is 1.37. The third-order valence-corrected chi connectivity index (χ3v) is 3.90. The van der Waals surface area contributed by atoms with Gasteiger partial charge in [0.2, 0.25) is 0 Å². The second kappa shape index (κ2) is 7.33. The highest BCUT2D eigenvalue weighted by Gasteiger charge is 2.11. The molecule has 7 heteroatoms. The topological polar surface area (TPSA) is 54.5 Å². The number of thioether (sulfide) groups is 1. The number of aromatic nitrogens is 1. The average Bonchev–Trinajstić information content (AvgIpc) is 2.80. The standard InChI is InChI=1S/C9H14N4S2.HI/c10-9(13-2-5-14-6-3-13)12-7-8-11-1-4-15-8;/h1,4H,2-3,5-7H2,(H2,10,12);1H. The largest absolute Gasteiger partial charge is 0.370 e. The summed E-state index contributed by atoms with van der Waals surface area (Å²) in [7, 11) is 0. The van der Waals surface area contributed by atoms with Crippen molar-refractivity contribution in [2.24, 2.45) is 10.7 Å². The molecule has 16 heavy (non-hydrogen) atoms. The molecule has 1 aliphatic rings. The highest BCUT2D eigenvalue weighted by atomic mass is 127. The van der Waals surface area contributed by atoms with Gasteiger partial charge in [-0.25, -0.2) is 9.98 Å². The molecular weight excluding hydrogens is 355 g/mol. The van der Waals surface area contributed by atoms with Crippen LogP contribution in [0.1, 0.15) is 5.01 Å². The Balaban J connectivity index is 0.00000128. The molecule has 1 aliphatic heterocycles. The zero-order chi connectivity index (χ0) is 10.5. The van der Waals surface area contributed by atoms with Crippen LogP contribution < -0.4 is 5.73 Å². The monoisotopic (exact) mass is 370 g/mol. The molecule has 4 nitrogen and oxygen atoms in total. The van der Waals surface area contributed by atoms with E-state index in [1.165, 1.54) is 0 Å². The molecule has 1 saturated heterocycles. The van der Waals surface area contributed by atoms with Crippen LogP contribution in [-0.2, 0) is 6.54 Å². The van der Waals surface area contributed by atoms with E-state index in [1.807, 2.05) is 17.1 Å². The van der Waals surface area contributed by atoms with Crippen LogP contribution in [-0.4, -0.2) is 40.4 Å². The first kappa shape index (κ1) is 14.0. The first-order chi connectivity index (χ1) is 7.36. The Morgan fingerprint density at radius 2 is 2.25 bits per heavy atom. The molecule has 90 valence electrons. The number of thiazole rings is 1. The van der Waals surface area contributed by atoms with E-state index in [9.17, 15) is 0 Å². The van der Waals surface area contributed by atoms with Gasteiger partial charge in [0.15, 0.2) is 5.96 Å². The summed E-state index contributed by atoms with van der Waals surface area (Å²) < 4.78 is 0. The first-order valence-corrected chi connectivity index (χ1v) is 6.90. The molecule has 2 rings (SSSR count). The molecule has 0 aliphatic carbocycles. The molecule has 2 N–H and O–H groups in total. The van der Waals surface area contributed by atoms with Gasteiger partial charge in [-0.15, -0.1) is 35.3 Å². The normalized spacial score (nSPS) is 17.0. The Hall–Kier alpha value is -0.0200. The highest BCUT2D eigenvalue weighted by Crippen LogP contribution is 2.09. The van der Waals surface area contributed by atoms with Gasteiger partial charge in [-0.05, 0) is 0 Å². The lowest BCUT2D eigenvalue weighted by molar-refractivity contribution is 0.455. The molecule has 0 unspecified atom stereocenters. The Labute approximate surface area is 121 Å². The third-order valence-electron chi connectivity index (χ3n) is 2.19. The number of hydrogen-bond donors (Lipinski definition) is 1. The smallest absolute Gasteiger partial charge is 0.191 e. The summed E-state index contributed by atoms with van der Waals surface area (Å²) >= 11 is 3.58. The van der Waals surface area contributed by atoms with Gasteiger partial charge in [0.25, 0.3) is 0 Å². The minimum absolute atomic E-state index is 0. The number of nitrogens with two attached hydrogens (primary N) is 1. The summed E-state index contributed by atoms with van der Waals surface area (Å²) in [5.74, 6) is 2.95. The van der Waals surface area contributed by atoms with Gasteiger partial charge in [-0.1, -0.05) is 0 Å². The molecule has 2 heterocycles. The molecule has 0 atom stereocenters. The number of hydrogen-bond acceptors (Lipinski definition) is 4. The van der Waals surface area contributed by atoms with E-state index in [-0.39, 0.29) is 24.0 Å². The van der Waals surface area contributed by atoms with Crippen molar-refractivity contribution in [3.05, 3.63) is 16.6 Å². The quantitative estimate of drug-likeness (QED) is 0.489. The summed E-state index contributed by atoms with van der Waals surface area (Å²) in [6.07, 6.45) is 1.79. The van der Waals surface area contributed by atoms with E-state index in [0.717, 1.165) is 29.6 Å². The number of guanidine groups is 1. The van der Waals surface area contributed by atoms with Gasteiger partial charge in [0.1, 0.15) is 5.01 Å². The van der Waals surface area contributed by atoms with Gasteiger partial charge in [-0.3, -0.25) is 0 Å². The summed E-state index contributed by atoms with van der Waals surface area (Å²) in [6, 6.07) is 0. The zero-order valence-electron chi connectivity index (χ0n) is 8.83. The average molecular weight is 370 g/mol. The minimum atomic E-state index is 0. The Morgan fingerprint density at radius 1 is 1.50 bits per heavy atom. The van der Waals surface area contributed by atoms with Crippen LogP contribution in [0.2, 0.25) is 0 Å². The summed E-state index contributed by atoms with van der Waals surface area (Å²) in [6.45, 7) is 2.63. The lowest BCUT2D eigenvalue weighted by Gasteiger charge is -2.27. The van der Waals surface area contributed by atoms with Crippen LogP contribution in [0.3, 0.4) is 0 Å². The maximum Gasteiger partial charge on any atom is 0.191 e. The van der Waals surface area contributed by atoms with E-state index >= 15 is 0 Å². The number of aliphatic imine (C=N–C) groups is 1. The second-order valence-electron chi connectivity index (χ2n) is 3.20. The van der Waals surface area contributed by atoms with Crippen LogP contribution in [0, 0.1) is 0 Å². The summed E-state index contributed by atoms with van der Waals surface area (Å²) in [4.78, 5) is 10.7. The molecule has 1 fully saturated rings. The van der Waals surface area contributed by atoms with E-state index in [0.29, 0.717) is 12.5 Å². The summed E-state index contributed by atoms with van der Waals surface area (Å²) in [5, 5.41) is 2.97. The van der Waals surface area contributed by atoms with Crippen molar-refractivity contribution in [2.75, 3.05) is 24.6 Å². The van der Waals surface area contributed by atoms with Crippen LogP contribution in [0.4, 0.5) is 0 Å². The van der Waals surface area contributed by atoms with Crippen molar-refractivity contribution in [3.8, 4) is 0 Å². The lowest BCUT2D eigenvalue weighted by atomic mass is 10.5. The Morgan fingerprint density at radius 3 is 2.88 bits per heavy atom. The maximum absolute atomic E-state index is 5.91. The molecule has 1 aromatic rings. The lowest BCUT2D eigenvalue weighted by Crippen LogP contribution is -2.42. The van der Waals surface area contributed by atoms with Crippen molar-refractivity contribution in [1.29, 1.82) is 0 Å². The van der Waals surface area contributed by atoms with Crippen molar-refractivity contribution in [3.63, 3.8) is 0 Å². The van der Waals surface area contributed by atoms with Gasteiger partial charge in [0, 0.05) is 36.2 Å². The predicted molar refractivity (Wildman–Crippen MR) is 81.8 cm³/mol. The SMILES string of the molecule is I.NC(=NCc1nccs1)N1CCSCC1. The Kier molecular flexibility index (Phi) is 6.44. The van der Waals surface area contributed by atoms with Crippen LogP contribution >= 0.6 is 47.1 Å². The van der Waals surface area contributed by atoms with Gasteiger partial charge < -0.3 is 10.6 Å². The van der Waals surface area contributed by atoms with Gasteiger partial charge in [-0.2, -0.15) is 11.8 Å². The zero-order valence-corrected chi connectivity index (χ0v) is 12.8. The molecule has 0 saturated carbocycles. The van der Waals surface area contributed by atoms with Crippen LogP contribution in [0.15, 0.2) is 16.6 Å². The Bertz CT molecular complexity index is 322. The second-order valence-corrected chi connectivity index (χ2v) is 5.40. The molecule has 0 radical (unpaired) electrons. The van der Waals surface area contributed by atoms with Gasteiger partial charge in [0.05, 0.1) is 6.54 Å². The first-order valence-electron chi connectivity index (χ1n) is 4.87. The van der Waals surface area contributed by atoms with Gasteiger partial charge >= 0.3 is 0 Å². The number of nitrogens with zero attached hydrogens (tertiary/aromatic N) is 3. The predicted octanol–water partition coefficient (Wildman–Crippen LogP) is 1.62. The number of rotatable bonds is 2. The minimum Gasteiger partial charge on any atom is -0.370 e. The maximum atomic E-state index is 5.91.